The second-order valence-corrected chi connectivity index (χ2v) is 6.10. The van der Waals surface area contributed by atoms with E-state index in [1.54, 1.807) is 18.2 Å². The van der Waals surface area contributed by atoms with Gasteiger partial charge >= 0.3 is 0 Å². The number of hydrogen-bond acceptors (Lipinski definition) is 3. The van der Waals surface area contributed by atoms with E-state index in [9.17, 15) is 4.79 Å². The van der Waals surface area contributed by atoms with E-state index in [1.807, 2.05) is 0 Å². The number of benzene rings is 1. The number of nitrogens with zero attached hydrogens (tertiary/aromatic N) is 1. The SMILES string of the molecule is N#Cc1ccc(Br)cc1NC(=O)C1CC2CCC1N2. The molecule has 4 nitrogen and oxygen atoms in total. The first-order chi connectivity index (χ1) is 9.17. The summed E-state index contributed by atoms with van der Waals surface area (Å²) in [5.74, 6) is 0.0542. The minimum atomic E-state index is 0.0225. The Morgan fingerprint density at radius 3 is 2.95 bits per heavy atom. The molecule has 3 rings (SSSR count). The van der Waals surface area contributed by atoms with Crippen LogP contribution < -0.4 is 10.6 Å². The van der Waals surface area contributed by atoms with E-state index in [1.165, 1.54) is 6.42 Å². The normalized spacial score (nSPS) is 28.1. The van der Waals surface area contributed by atoms with Gasteiger partial charge in [-0.15, -0.1) is 0 Å². The number of carbonyl (C=O) groups excluding carboxylic acids is 1. The van der Waals surface area contributed by atoms with Crippen LogP contribution in [0.3, 0.4) is 0 Å². The Labute approximate surface area is 120 Å². The third-order valence-corrected chi connectivity index (χ3v) is 4.49. The molecule has 5 heteroatoms. The molecule has 2 aliphatic rings. The number of anilines is 1. The highest BCUT2D eigenvalue weighted by Crippen LogP contribution is 2.34. The summed E-state index contributed by atoms with van der Waals surface area (Å²) >= 11 is 3.36. The van der Waals surface area contributed by atoms with Crippen LogP contribution in [0.15, 0.2) is 22.7 Å². The standard InChI is InChI=1S/C14H14BrN3O/c15-9-2-1-8(7-16)13(5-9)18-14(19)11-6-10-3-4-12(11)17-10/h1-2,5,10-12,17H,3-4,6H2,(H,18,19). The summed E-state index contributed by atoms with van der Waals surface area (Å²) < 4.78 is 0.855. The van der Waals surface area contributed by atoms with E-state index in [2.05, 4.69) is 32.6 Å². The van der Waals surface area contributed by atoms with Crippen molar-refractivity contribution in [1.82, 2.24) is 5.32 Å². The molecular formula is C14H14BrN3O. The fourth-order valence-electron chi connectivity index (χ4n) is 3.06. The number of amides is 1. The van der Waals surface area contributed by atoms with Gasteiger partial charge in [-0.25, -0.2) is 0 Å². The van der Waals surface area contributed by atoms with E-state index in [4.69, 9.17) is 5.26 Å². The van der Waals surface area contributed by atoms with Gasteiger partial charge in [0.15, 0.2) is 0 Å². The van der Waals surface area contributed by atoms with E-state index in [0.29, 0.717) is 23.3 Å². The van der Waals surface area contributed by atoms with Gasteiger partial charge in [-0.05, 0) is 37.5 Å². The molecule has 2 heterocycles. The van der Waals surface area contributed by atoms with E-state index < -0.39 is 0 Å². The maximum atomic E-state index is 12.3. The van der Waals surface area contributed by atoms with Gasteiger partial charge in [0, 0.05) is 16.6 Å². The number of nitrogens with one attached hydrogen (secondary N) is 2. The molecule has 1 aromatic carbocycles. The maximum Gasteiger partial charge on any atom is 0.229 e. The molecule has 0 aliphatic carbocycles. The van der Waals surface area contributed by atoms with Crippen molar-refractivity contribution in [1.29, 1.82) is 5.26 Å². The summed E-state index contributed by atoms with van der Waals surface area (Å²) in [4.78, 5) is 12.3. The molecule has 98 valence electrons. The largest absolute Gasteiger partial charge is 0.325 e. The van der Waals surface area contributed by atoms with Crippen LogP contribution in [0.4, 0.5) is 5.69 Å². The minimum Gasteiger partial charge on any atom is -0.325 e. The number of rotatable bonds is 2. The molecule has 2 fully saturated rings. The molecule has 19 heavy (non-hydrogen) atoms. The Balaban J connectivity index is 1.76. The molecule has 0 saturated carbocycles. The predicted octanol–water partition coefficient (Wildman–Crippen LogP) is 2.40. The number of hydrogen-bond donors (Lipinski definition) is 2. The maximum absolute atomic E-state index is 12.3. The van der Waals surface area contributed by atoms with Crippen molar-refractivity contribution in [3.63, 3.8) is 0 Å². The first-order valence-electron chi connectivity index (χ1n) is 6.44. The molecule has 3 atom stereocenters. The van der Waals surface area contributed by atoms with Gasteiger partial charge < -0.3 is 10.6 Å². The lowest BCUT2D eigenvalue weighted by molar-refractivity contribution is -0.120. The van der Waals surface area contributed by atoms with Crippen molar-refractivity contribution in [3.05, 3.63) is 28.2 Å². The van der Waals surface area contributed by atoms with Crippen LogP contribution in [0.25, 0.3) is 0 Å². The molecule has 3 unspecified atom stereocenters. The smallest absolute Gasteiger partial charge is 0.229 e. The molecule has 2 saturated heterocycles. The first-order valence-corrected chi connectivity index (χ1v) is 7.23. The van der Waals surface area contributed by atoms with Gasteiger partial charge in [0.25, 0.3) is 0 Å². The van der Waals surface area contributed by atoms with Crippen molar-refractivity contribution in [2.75, 3.05) is 5.32 Å². The number of carbonyl (C=O) groups is 1. The summed E-state index contributed by atoms with van der Waals surface area (Å²) in [6.45, 7) is 0. The van der Waals surface area contributed by atoms with Crippen LogP contribution >= 0.6 is 15.9 Å². The summed E-state index contributed by atoms with van der Waals surface area (Å²) in [6, 6.07) is 8.19. The molecular weight excluding hydrogens is 306 g/mol. The lowest BCUT2D eigenvalue weighted by Crippen LogP contribution is -2.33. The van der Waals surface area contributed by atoms with E-state index >= 15 is 0 Å². The Bertz CT molecular complexity index is 566. The van der Waals surface area contributed by atoms with Crippen molar-refractivity contribution in [3.8, 4) is 6.07 Å². The highest BCUT2D eigenvalue weighted by molar-refractivity contribution is 9.10. The zero-order valence-corrected chi connectivity index (χ0v) is 11.9. The van der Waals surface area contributed by atoms with Crippen molar-refractivity contribution < 1.29 is 4.79 Å². The molecule has 0 radical (unpaired) electrons. The summed E-state index contributed by atoms with van der Waals surface area (Å²) in [5, 5.41) is 15.4. The number of halogens is 1. The molecule has 0 spiro atoms. The monoisotopic (exact) mass is 319 g/mol. The predicted molar refractivity (Wildman–Crippen MR) is 75.5 cm³/mol. The Morgan fingerprint density at radius 1 is 1.47 bits per heavy atom. The fraction of sp³-hybridized carbons (Fsp3) is 0.429. The highest BCUT2D eigenvalue weighted by atomic mass is 79.9. The minimum absolute atomic E-state index is 0.0225. The fourth-order valence-corrected chi connectivity index (χ4v) is 3.42. The first kappa shape index (κ1) is 12.6. The molecule has 0 aromatic heterocycles. The molecule has 2 N–H and O–H groups in total. The van der Waals surface area contributed by atoms with Gasteiger partial charge in [0.1, 0.15) is 6.07 Å². The van der Waals surface area contributed by atoms with E-state index in [0.717, 1.165) is 17.3 Å². The topological polar surface area (TPSA) is 64.9 Å². The average molecular weight is 320 g/mol. The summed E-state index contributed by atoms with van der Waals surface area (Å²) in [5.41, 5.74) is 1.08. The van der Waals surface area contributed by atoms with E-state index in [-0.39, 0.29) is 11.8 Å². The second kappa shape index (κ2) is 4.95. The second-order valence-electron chi connectivity index (χ2n) is 5.18. The Hall–Kier alpha value is -1.38. The van der Waals surface area contributed by atoms with Crippen LogP contribution in [0.2, 0.25) is 0 Å². The number of fused-ring (bicyclic) bond motifs is 2. The van der Waals surface area contributed by atoms with Gasteiger partial charge in [-0.2, -0.15) is 5.26 Å². The van der Waals surface area contributed by atoms with Gasteiger partial charge in [0.05, 0.1) is 17.2 Å². The van der Waals surface area contributed by atoms with Crippen LogP contribution in [0.5, 0.6) is 0 Å². The zero-order chi connectivity index (χ0) is 13.4. The summed E-state index contributed by atoms with van der Waals surface area (Å²) in [7, 11) is 0. The van der Waals surface area contributed by atoms with Gasteiger partial charge in [-0.3, -0.25) is 4.79 Å². The molecule has 2 bridgehead atoms. The zero-order valence-electron chi connectivity index (χ0n) is 10.3. The molecule has 1 amide bonds. The van der Waals surface area contributed by atoms with Crippen molar-refractivity contribution in [2.45, 2.75) is 31.3 Å². The summed E-state index contributed by atoms with van der Waals surface area (Å²) in [6.07, 6.45) is 3.16. The molecule has 2 aliphatic heterocycles. The third kappa shape index (κ3) is 2.38. The van der Waals surface area contributed by atoms with Crippen LogP contribution in [-0.4, -0.2) is 18.0 Å². The highest BCUT2D eigenvalue weighted by Gasteiger charge is 2.42. The van der Waals surface area contributed by atoms with Crippen LogP contribution in [0, 0.1) is 17.2 Å². The quantitative estimate of drug-likeness (QED) is 0.879. The van der Waals surface area contributed by atoms with Crippen LogP contribution in [0.1, 0.15) is 24.8 Å². The Kier molecular flexibility index (Phi) is 3.29. The van der Waals surface area contributed by atoms with Gasteiger partial charge in [0.2, 0.25) is 5.91 Å². The number of nitriles is 1. The van der Waals surface area contributed by atoms with Crippen molar-refractivity contribution in [2.24, 2.45) is 5.92 Å². The lowest BCUT2D eigenvalue weighted by Gasteiger charge is -2.19. The van der Waals surface area contributed by atoms with Crippen molar-refractivity contribution >= 4 is 27.5 Å². The third-order valence-electron chi connectivity index (χ3n) is 4.00. The lowest BCUT2D eigenvalue weighted by atomic mass is 9.88. The van der Waals surface area contributed by atoms with Gasteiger partial charge in [-0.1, -0.05) is 15.9 Å². The van der Waals surface area contributed by atoms with Crippen LogP contribution in [-0.2, 0) is 4.79 Å². The molecule has 1 aromatic rings. The Morgan fingerprint density at radius 2 is 2.32 bits per heavy atom. The average Bonchev–Trinajstić information content (AvgIpc) is 3.01.